The Balaban J connectivity index is 1.45. The molecule has 0 radical (unpaired) electrons. The molecule has 1 fully saturated rings. The van der Waals surface area contributed by atoms with Crippen molar-refractivity contribution in [3.8, 4) is 5.82 Å². The summed E-state index contributed by atoms with van der Waals surface area (Å²) in [6.45, 7) is 2.92. The van der Waals surface area contributed by atoms with E-state index in [0.29, 0.717) is 24.5 Å². The van der Waals surface area contributed by atoms with Gasteiger partial charge in [-0.05, 0) is 24.3 Å². The lowest BCUT2D eigenvalue weighted by Gasteiger charge is -2.35. The number of carbonyl (C=O) groups is 1. The summed E-state index contributed by atoms with van der Waals surface area (Å²) in [5.41, 5.74) is 0.644. The molecule has 0 spiro atoms. The molecule has 1 saturated heterocycles. The standard InChI is InChI=1S/C18H18N6O/c25-18(15-4-6-21-17(13-15)24-8-7-19-14-24)23-11-9-22(10-12-23)16-3-1-2-5-20-16/h1-8,13-14H,9-12H2. The maximum absolute atomic E-state index is 12.8. The zero-order chi connectivity index (χ0) is 17.1. The van der Waals surface area contributed by atoms with Crippen molar-refractivity contribution in [2.45, 2.75) is 0 Å². The highest BCUT2D eigenvalue weighted by Crippen LogP contribution is 2.15. The Morgan fingerprint density at radius 1 is 0.920 bits per heavy atom. The minimum absolute atomic E-state index is 0.0319. The van der Waals surface area contributed by atoms with Gasteiger partial charge in [-0.2, -0.15) is 0 Å². The molecule has 0 N–H and O–H groups in total. The number of hydrogen-bond donors (Lipinski definition) is 0. The van der Waals surface area contributed by atoms with Crippen LogP contribution in [0.4, 0.5) is 5.82 Å². The number of nitrogens with zero attached hydrogens (tertiary/aromatic N) is 6. The van der Waals surface area contributed by atoms with Crippen LogP contribution in [0.3, 0.4) is 0 Å². The molecular weight excluding hydrogens is 316 g/mol. The molecule has 0 aromatic carbocycles. The third kappa shape index (κ3) is 3.21. The van der Waals surface area contributed by atoms with Crippen LogP contribution in [0.5, 0.6) is 0 Å². The molecule has 25 heavy (non-hydrogen) atoms. The third-order valence-electron chi connectivity index (χ3n) is 4.30. The minimum atomic E-state index is 0.0319. The molecule has 0 bridgehead atoms. The first-order valence-electron chi connectivity index (χ1n) is 8.21. The van der Waals surface area contributed by atoms with Crippen LogP contribution in [-0.4, -0.2) is 56.5 Å². The van der Waals surface area contributed by atoms with E-state index in [-0.39, 0.29) is 5.91 Å². The molecule has 3 aromatic heterocycles. The lowest BCUT2D eigenvalue weighted by Crippen LogP contribution is -2.49. The molecule has 0 saturated carbocycles. The number of imidazole rings is 1. The maximum Gasteiger partial charge on any atom is 0.254 e. The van der Waals surface area contributed by atoms with Gasteiger partial charge in [0.25, 0.3) is 5.91 Å². The first kappa shape index (κ1) is 15.3. The van der Waals surface area contributed by atoms with E-state index in [9.17, 15) is 4.79 Å². The van der Waals surface area contributed by atoms with Crippen molar-refractivity contribution in [2.75, 3.05) is 31.1 Å². The Hall–Kier alpha value is -3.22. The predicted octanol–water partition coefficient (Wildman–Crippen LogP) is 1.62. The normalized spacial score (nSPS) is 14.6. The molecule has 4 rings (SSSR count). The quantitative estimate of drug-likeness (QED) is 0.728. The topological polar surface area (TPSA) is 67.2 Å². The number of carbonyl (C=O) groups excluding carboxylic acids is 1. The average molecular weight is 334 g/mol. The van der Waals surface area contributed by atoms with Crippen LogP contribution in [0, 0.1) is 0 Å². The van der Waals surface area contributed by atoms with Gasteiger partial charge in [0.15, 0.2) is 0 Å². The monoisotopic (exact) mass is 334 g/mol. The Kier molecular flexibility index (Phi) is 4.12. The summed E-state index contributed by atoms with van der Waals surface area (Å²) in [6, 6.07) is 9.44. The molecule has 0 aliphatic carbocycles. The summed E-state index contributed by atoms with van der Waals surface area (Å²) in [5.74, 6) is 1.68. The molecule has 0 unspecified atom stereocenters. The molecule has 0 atom stereocenters. The molecule has 4 heterocycles. The van der Waals surface area contributed by atoms with Gasteiger partial charge in [-0.1, -0.05) is 6.07 Å². The van der Waals surface area contributed by atoms with E-state index >= 15 is 0 Å². The van der Waals surface area contributed by atoms with Crippen LogP contribution >= 0.6 is 0 Å². The number of amides is 1. The Morgan fingerprint density at radius 2 is 1.76 bits per heavy atom. The van der Waals surface area contributed by atoms with Crippen molar-refractivity contribution in [1.29, 1.82) is 0 Å². The van der Waals surface area contributed by atoms with Crippen molar-refractivity contribution >= 4 is 11.7 Å². The van der Waals surface area contributed by atoms with E-state index in [4.69, 9.17) is 0 Å². The minimum Gasteiger partial charge on any atom is -0.353 e. The SMILES string of the molecule is O=C(c1ccnc(-n2ccnc2)c1)N1CCN(c2ccccn2)CC1. The van der Waals surface area contributed by atoms with Crippen molar-refractivity contribution in [2.24, 2.45) is 0 Å². The molecule has 126 valence electrons. The fourth-order valence-electron chi connectivity index (χ4n) is 2.95. The smallest absolute Gasteiger partial charge is 0.254 e. The molecule has 1 amide bonds. The average Bonchev–Trinajstić information content (AvgIpc) is 3.23. The predicted molar refractivity (Wildman–Crippen MR) is 93.7 cm³/mol. The van der Waals surface area contributed by atoms with Crippen molar-refractivity contribution in [3.63, 3.8) is 0 Å². The maximum atomic E-state index is 12.8. The van der Waals surface area contributed by atoms with Crippen molar-refractivity contribution in [1.82, 2.24) is 24.4 Å². The second-order valence-corrected chi connectivity index (χ2v) is 5.84. The van der Waals surface area contributed by atoms with Crippen LogP contribution in [0.15, 0.2) is 61.4 Å². The second kappa shape index (κ2) is 6.72. The highest BCUT2D eigenvalue weighted by Gasteiger charge is 2.23. The second-order valence-electron chi connectivity index (χ2n) is 5.84. The van der Waals surface area contributed by atoms with Gasteiger partial charge >= 0.3 is 0 Å². The van der Waals surface area contributed by atoms with Gasteiger partial charge in [0.2, 0.25) is 0 Å². The van der Waals surface area contributed by atoms with Crippen molar-refractivity contribution in [3.05, 3.63) is 67.0 Å². The number of rotatable bonds is 3. The summed E-state index contributed by atoms with van der Waals surface area (Å²) >= 11 is 0. The van der Waals surface area contributed by atoms with Gasteiger partial charge in [-0.15, -0.1) is 0 Å². The lowest BCUT2D eigenvalue weighted by atomic mass is 10.2. The number of pyridine rings is 2. The van der Waals surface area contributed by atoms with Crippen LogP contribution in [0.25, 0.3) is 5.82 Å². The fraction of sp³-hybridized carbons (Fsp3) is 0.222. The third-order valence-corrected chi connectivity index (χ3v) is 4.30. The molecule has 3 aromatic rings. The molecule has 1 aliphatic heterocycles. The van der Waals surface area contributed by atoms with E-state index in [2.05, 4.69) is 19.9 Å². The first-order valence-corrected chi connectivity index (χ1v) is 8.21. The van der Waals surface area contributed by atoms with Gasteiger partial charge < -0.3 is 9.80 Å². The Morgan fingerprint density at radius 3 is 2.48 bits per heavy atom. The van der Waals surface area contributed by atoms with Crippen LogP contribution in [0.1, 0.15) is 10.4 Å². The molecule has 1 aliphatic rings. The summed E-state index contributed by atoms with van der Waals surface area (Å²) in [6.07, 6.45) is 8.62. The highest BCUT2D eigenvalue weighted by molar-refractivity contribution is 5.94. The summed E-state index contributed by atoms with van der Waals surface area (Å²) < 4.78 is 1.79. The summed E-state index contributed by atoms with van der Waals surface area (Å²) in [5, 5.41) is 0. The zero-order valence-electron chi connectivity index (χ0n) is 13.7. The van der Waals surface area contributed by atoms with E-state index in [1.807, 2.05) is 29.3 Å². The number of hydrogen-bond acceptors (Lipinski definition) is 5. The van der Waals surface area contributed by atoms with Crippen LogP contribution in [-0.2, 0) is 0 Å². The summed E-state index contributed by atoms with van der Waals surface area (Å²) in [7, 11) is 0. The van der Waals surface area contributed by atoms with Gasteiger partial charge in [0, 0.05) is 56.5 Å². The first-order chi connectivity index (χ1) is 12.3. The largest absolute Gasteiger partial charge is 0.353 e. The van der Waals surface area contributed by atoms with Gasteiger partial charge in [0.05, 0.1) is 0 Å². The summed E-state index contributed by atoms with van der Waals surface area (Å²) in [4.78, 5) is 29.6. The number of anilines is 1. The lowest BCUT2D eigenvalue weighted by molar-refractivity contribution is 0.0746. The van der Waals surface area contributed by atoms with Gasteiger partial charge in [-0.25, -0.2) is 15.0 Å². The van der Waals surface area contributed by atoms with Crippen LogP contribution in [0.2, 0.25) is 0 Å². The van der Waals surface area contributed by atoms with E-state index < -0.39 is 0 Å². The molecular formula is C18H18N6O. The Bertz CT molecular complexity index is 841. The number of aromatic nitrogens is 4. The fourth-order valence-corrected chi connectivity index (χ4v) is 2.95. The van der Waals surface area contributed by atoms with Crippen molar-refractivity contribution < 1.29 is 4.79 Å². The van der Waals surface area contributed by atoms with E-state index in [1.54, 1.807) is 41.6 Å². The zero-order valence-corrected chi connectivity index (χ0v) is 13.7. The van der Waals surface area contributed by atoms with Gasteiger partial charge in [-0.3, -0.25) is 9.36 Å². The van der Waals surface area contributed by atoms with E-state index in [0.717, 1.165) is 18.9 Å². The molecule has 7 heteroatoms. The highest BCUT2D eigenvalue weighted by atomic mass is 16.2. The Labute approximate surface area is 145 Å². The number of piperazine rings is 1. The van der Waals surface area contributed by atoms with Gasteiger partial charge in [0.1, 0.15) is 18.0 Å². The molecule has 7 nitrogen and oxygen atoms in total. The van der Waals surface area contributed by atoms with Crippen LogP contribution < -0.4 is 4.90 Å². The van der Waals surface area contributed by atoms with E-state index in [1.165, 1.54) is 0 Å².